The van der Waals surface area contributed by atoms with Crippen LogP contribution < -0.4 is 0 Å². The maximum Gasteiger partial charge on any atom is 0.241 e. The van der Waals surface area contributed by atoms with Crippen molar-refractivity contribution in [3.05, 3.63) is 0 Å². The SMILES string of the molecule is CCCN1N=CN(C(Cl)(Cl)C(Cl)(Cl)Cl)C1C#N. The lowest BCUT2D eigenvalue weighted by molar-refractivity contribution is 0.158. The third kappa shape index (κ3) is 2.97. The number of rotatable bonds is 3. The molecule has 1 aliphatic heterocycles. The quantitative estimate of drug-likeness (QED) is 0.586. The smallest absolute Gasteiger partial charge is 0.241 e. The van der Waals surface area contributed by atoms with E-state index in [2.05, 4.69) is 5.10 Å². The minimum absolute atomic E-state index is 0.578. The van der Waals surface area contributed by atoms with E-state index in [9.17, 15) is 0 Å². The number of hydrazone groups is 1. The van der Waals surface area contributed by atoms with Crippen LogP contribution >= 0.6 is 58.0 Å². The van der Waals surface area contributed by atoms with Gasteiger partial charge < -0.3 is 0 Å². The monoisotopic (exact) mass is 336 g/mol. The number of alkyl halides is 5. The summed E-state index contributed by atoms with van der Waals surface area (Å²) in [5, 5.41) is 14.6. The highest BCUT2D eigenvalue weighted by molar-refractivity contribution is 6.75. The van der Waals surface area contributed by atoms with Gasteiger partial charge in [0.2, 0.25) is 14.4 Å². The third-order valence-electron chi connectivity index (χ3n) is 2.10. The summed E-state index contributed by atoms with van der Waals surface area (Å²) in [6, 6.07) is 2.01. The van der Waals surface area contributed by atoms with Crippen LogP contribution in [0.1, 0.15) is 13.3 Å². The molecule has 0 aromatic rings. The number of hydrogen-bond donors (Lipinski definition) is 0. The largest absolute Gasteiger partial charge is 0.291 e. The Bertz CT molecular complexity index is 345. The van der Waals surface area contributed by atoms with E-state index in [1.165, 1.54) is 16.2 Å². The van der Waals surface area contributed by atoms with Crippen LogP contribution in [-0.4, -0.2) is 37.2 Å². The van der Waals surface area contributed by atoms with E-state index in [0.717, 1.165) is 6.42 Å². The van der Waals surface area contributed by atoms with E-state index < -0.39 is 14.4 Å². The van der Waals surface area contributed by atoms with Crippen molar-refractivity contribution in [2.45, 2.75) is 27.8 Å². The highest BCUT2D eigenvalue weighted by Gasteiger charge is 2.54. The molecule has 0 aliphatic carbocycles. The van der Waals surface area contributed by atoms with Gasteiger partial charge >= 0.3 is 0 Å². The van der Waals surface area contributed by atoms with Crippen LogP contribution in [0.4, 0.5) is 0 Å². The minimum atomic E-state index is -1.97. The first-order valence-corrected chi connectivity index (χ1v) is 6.58. The van der Waals surface area contributed by atoms with Crippen LogP contribution in [-0.2, 0) is 0 Å². The van der Waals surface area contributed by atoms with Crippen molar-refractivity contribution in [2.24, 2.45) is 5.10 Å². The molecule has 0 radical (unpaired) electrons. The Morgan fingerprint density at radius 1 is 1.35 bits per heavy atom. The molecule has 0 saturated carbocycles. The molecule has 0 aromatic carbocycles. The zero-order valence-electron chi connectivity index (χ0n) is 8.75. The van der Waals surface area contributed by atoms with Gasteiger partial charge in [-0.2, -0.15) is 10.4 Å². The topological polar surface area (TPSA) is 42.6 Å². The lowest BCUT2D eigenvalue weighted by Gasteiger charge is -2.37. The molecule has 0 saturated heterocycles. The van der Waals surface area contributed by atoms with Crippen LogP contribution in [0.15, 0.2) is 5.10 Å². The predicted molar refractivity (Wildman–Crippen MR) is 71.5 cm³/mol. The molecule has 0 fully saturated rings. The normalized spacial score (nSPS) is 20.9. The molecule has 1 heterocycles. The first kappa shape index (κ1) is 15.3. The Hall–Kier alpha value is 0.210. The van der Waals surface area contributed by atoms with Crippen molar-refractivity contribution in [1.29, 1.82) is 5.26 Å². The summed E-state index contributed by atoms with van der Waals surface area (Å²) in [6.45, 7) is 2.53. The number of hydrogen-bond acceptors (Lipinski definition) is 4. The fourth-order valence-corrected chi connectivity index (χ4v) is 1.87. The van der Waals surface area contributed by atoms with Gasteiger partial charge in [-0.05, 0) is 6.42 Å². The van der Waals surface area contributed by atoms with E-state index in [4.69, 9.17) is 63.3 Å². The molecule has 9 heteroatoms. The van der Waals surface area contributed by atoms with Crippen molar-refractivity contribution in [3.8, 4) is 6.07 Å². The van der Waals surface area contributed by atoms with E-state index >= 15 is 0 Å². The van der Waals surface area contributed by atoms with Crippen molar-refractivity contribution in [3.63, 3.8) is 0 Å². The molecule has 0 N–H and O–H groups in total. The first-order chi connectivity index (χ1) is 7.75. The fourth-order valence-electron chi connectivity index (χ4n) is 1.30. The highest BCUT2D eigenvalue weighted by atomic mass is 35.6. The van der Waals surface area contributed by atoms with Gasteiger partial charge in [-0.3, -0.25) is 9.91 Å². The maximum atomic E-state index is 9.10. The number of halogens is 5. The molecule has 0 spiro atoms. The van der Waals surface area contributed by atoms with Crippen molar-refractivity contribution in [2.75, 3.05) is 6.54 Å². The molecule has 0 amide bonds. The molecular formula is C8H9Cl5N4. The predicted octanol–water partition coefficient (Wildman–Crippen LogP) is 3.31. The van der Waals surface area contributed by atoms with Gasteiger partial charge in [0.05, 0.1) is 0 Å². The van der Waals surface area contributed by atoms with Gasteiger partial charge in [-0.15, -0.1) is 0 Å². The molecule has 0 aromatic heterocycles. The Morgan fingerprint density at radius 3 is 2.35 bits per heavy atom. The molecule has 17 heavy (non-hydrogen) atoms. The molecule has 0 bridgehead atoms. The summed E-state index contributed by atoms with van der Waals surface area (Å²) in [7, 11) is 0. The van der Waals surface area contributed by atoms with Crippen molar-refractivity contribution in [1.82, 2.24) is 9.91 Å². The van der Waals surface area contributed by atoms with Crippen LogP contribution in [0.25, 0.3) is 0 Å². The molecule has 4 nitrogen and oxygen atoms in total. The van der Waals surface area contributed by atoms with Gasteiger partial charge in [0, 0.05) is 6.54 Å². The Balaban J connectivity index is 2.95. The first-order valence-electron chi connectivity index (χ1n) is 4.69. The van der Waals surface area contributed by atoms with Gasteiger partial charge in [-0.25, -0.2) is 0 Å². The van der Waals surface area contributed by atoms with Gasteiger partial charge in [0.15, 0.2) is 0 Å². The molecule has 96 valence electrons. The lowest BCUT2D eigenvalue weighted by Crippen LogP contribution is -2.53. The van der Waals surface area contributed by atoms with Crippen LogP contribution in [0.3, 0.4) is 0 Å². The van der Waals surface area contributed by atoms with Crippen LogP contribution in [0.2, 0.25) is 0 Å². The standard InChI is InChI=1S/C8H9Cl5N4/c1-2-3-17-6(4-14)16(5-15-17)8(12,13)7(9,10)11/h5-6H,2-3H2,1H3. The Kier molecular flexibility index (Phi) is 4.90. The maximum absolute atomic E-state index is 9.10. The summed E-state index contributed by atoms with van der Waals surface area (Å²) in [5.41, 5.74) is 0. The zero-order valence-corrected chi connectivity index (χ0v) is 12.5. The van der Waals surface area contributed by atoms with Crippen LogP contribution in [0.5, 0.6) is 0 Å². The average molecular weight is 338 g/mol. The Morgan fingerprint density at radius 2 is 1.94 bits per heavy atom. The van der Waals surface area contributed by atoms with E-state index in [1.807, 2.05) is 13.0 Å². The minimum Gasteiger partial charge on any atom is -0.291 e. The number of nitriles is 1. The summed E-state index contributed by atoms with van der Waals surface area (Å²) >= 11 is 29.0. The summed E-state index contributed by atoms with van der Waals surface area (Å²) in [5.74, 6) is 0. The highest BCUT2D eigenvalue weighted by Crippen LogP contribution is 2.49. The van der Waals surface area contributed by atoms with Gasteiger partial charge in [0.25, 0.3) is 0 Å². The number of nitrogens with zero attached hydrogens (tertiary/aromatic N) is 4. The van der Waals surface area contributed by atoms with Crippen molar-refractivity contribution < 1.29 is 0 Å². The Labute approximate surface area is 125 Å². The summed E-state index contributed by atoms with van der Waals surface area (Å²) in [6.07, 6.45) is 1.32. The summed E-state index contributed by atoms with van der Waals surface area (Å²) < 4.78 is -3.84. The van der Waals surface area contributed by atoms with Gasteiger partial charge in [-0.1, -0.05) is 64.9 Å². The van der Waals surface area contributed by atoms with Gasteiger partial charge in [0.1, 0.15) is 12.4 Å². The van der Waals surface area contributed by atoms with Crippen molar-refractivity contribution >= 4 is 64.3 Å². The van der Waals surface area contributed by atoms with E-state index in [-0.39, 0.29) is 0 Å². The average Bonchev–Trinajstić information content (AvgIpc) is 2.60. The molecule has 1 atom stereocenters. The fraction of sp³-hybridized carbons (Fsp3) is 0.750. The molecule has 1 aliphatic rings. The molecule has 1 unspecified atom stereocenters. The second-order valence-electron chi connectivity index (χ2n) is 3.34. The van der Waals surface area contributed by atoms with E-state index in [1.54, 1.807) is 0 Å². The van der Waals surface area contributed by atoms with Crippen LogP contribution in [0, 0.1) is 11.3 Å². The second kappa shape index (κ2) is 5.46. The molecule has 1 rings (SSSR count). The van der Waals surface area contributed by atoms with E-state index in [0.29, 0.717) is 6.54 Å². The second-order valence-corrected chi connectivity index (χ2v) is 6.91. The molecular weight excluding hydrogens is 329 g/mol. The third-order valence-corrected chi connectivity index (χ3v) is 4.46. The summed E-state index contributed by atoms with van der Waals surface area (Å²) in [4.78, 5) is 1.21. The zero-order chi connectivity index (χ0) is 13.3. The lowest BCUT2D eigenvalue weighted by atomic mass is 10.4.